The number of nitrogens with one attached hydrogen (secondary N) is 2. The zero-order chi connectivity index (χ0) is 21.3. The highest BCUT2D eigenvalue weighted by molar-refractivity contribution is 7.80. The Balaban J connectivity index is 1.82. The molecule has 0 aliphatic heterocycles. The van der Waals surface area contributed by atoms with E-state index in [0.29, 0.717) is 16.5 Å². The summed E-state index contributed by atoms with van der Waals surface area (Å²) in [6.07, 6.45) is 2.68. The van der Waals surface area contributed by atoms with Gasteiger partial charge in [-0.2, -0.15) is 0 Å². The molecule has 0 saturated heterocycles. The molecule has 0 radical (unpaired) electrons. The summed E-state index contributed by atoms with van der Waals surface area (Å²) in [5, 5.41) is 6.58. The average molecular weight is 472 g/mol. The topological polar surface area (TPSA) is 93.4 Å². The molecule has 1 aromatic heterocycles. The Morgan fingerprint density at radius 2 is 2.07 bits per heavy atom. The molecule has 2 aromatic rings. The smallest absolute Gasteiger partial charge is 0.261 e. The second kappa shape index (κ2) is 8.87. The Morgan fingerprint density at radius 3 is 2.72 bits per heavy atom. The van der Waals surface area contributed by atoms with E-state index in [2.05, 4.69) is 17.6 Å². The van der Waals surface area contributed by atoms with Crippen LogP contribution in [0.15, 0.2) is 12.1 Å². The number of thiocarbonyl (C=S) groups is 1. The molecule has 1 aliphatic carbocycles. The third-order valence-electron chi connectivity index (χ3n) is 4.67. The predicted octanol–water partition coefficient (Wildman–Crippen LogP) is 4.41. The van der Waals surface area contributed by atoms with Gasteiger partial charge in [-0.3, -0.25) is 14.9 Å². The van der Waals surface area contributed by atoms with Crippen molar-refractivity contribution in [3.63, 3.8) is 0 Å². The molecule has 6 nitrogen and oxygen atoms in total. The van der Waals surface area contributed by atoms with Crippen LogP contribution in [0, 0.1) is 5.92 Å². The number of ether oxygens (including phenoxy) is 1. The molecule has 1 heterocycles. The molecule has 4 N–H and O–H groups in total. The van der Waals surface area contributed by atoms with Crippen LogP contribution in [0.4, 0.5) is 5.00 Å². The van der Waals surface area contributed by atoms with E-state index < -0.39 is 11.8 Å². The number of hydrogen-bond donors (Lipinski definition) is 3. The highest BCUT2D eigenvalue weighted by Crippen LogP contribution is 2.39. The molecule has 0 bridgehead atoms. The fourth-order valence-corrected chi connectivity index (χ4v) is 5.59. The predicted molar refractivity (Wildman–Crippen MR) is 121 cm³/mol. The number of halogens is 2. The third-order valence-corrected chi connectivity index (χ3v) is 6.54. The van der Waals surface area contributed by atoms with Crippen molar-refractivity contribution in [2.24, 2.45) is 11.7 Å². The summed E-state index contributed by atoms with van der Waals surface area (Å²) >= 11 is 18.8. The van der Waals surface area contributed by atoms with Crippen molar-refractivity contribution in [3.05, 3.63) is 43.7 Å². The number of primary amides is 1. The maximum atomic E-state index is 12.7. The Kier molecular flexibility index (Phi) is 6.68. The molecule has 2 amide bonds. The first-order valence-corrected chi connectivity index (χ1v) is 10.8. The van der Waals surface area contributed by atoms with Crippen LogP contribution in [0.2, 0.25) is 10.0 Å². The molecule has 3 rings (SSSR count). The van der Waals surface area contributed by atoms with Gasteiger partial charge in [0.1, 0.15) is 10.8 Å². The van der Waals surface area contributed by atoms with Crippen molar-refractivity contribution < 1.29 is 14.3 Å². The number of carbonyl (C=O) groups excluding carboxylic acids is 2. The fourth-order valence-electron chi connectivity index (χ4n) is 3.34. The van der Waals surface area contributed by atoms with Gasteiger partial charge in [-0.05, 0) is 55.1 Å². The normalized spacial score (nSPS) is 15.4. The van der Waals surface area contributed by atoms with Gasteiger partial charge < -0.3 is 15.8 Å². The molecule has 0 fully saturated rings. The highest BCUT2D eigenvalue weighted by Gasteiger charge is 2.27. The van der Waals surface area contributed by atoms with Gasteiger partial charge in [-0.1, -0.05) is 30.1 Å². The number of carbonyl (C=O) groups is 2. The number of anilines is 1. The summed E-state index contributed by atoms with van der Waals surface area (Å²) in [4.78, 5) is 25.8. The SMILES string of the molecule is COc1c(Cl)cc(Cl)cc1C(=O)NC(=S)Nc1sc2c(c1C(N)=O)CCC(C)C2. The maximum Gasteiger partial charge on any atom is 0.261 e. The molecule has 1 aromatic carbocycles. The van der Waals surface area contributed by atoms with Crippen LogP contribution in [0.1, 0.15) is 44.5 Å². The van der Waals surface area contributed by atoms with Gasteiger partial charge in [0.2, 0.25) is 0 Å². The Labute approximate surface area is 187 Å². The van der Waals surface area contributed by atoms with Gasteiger partial charge in [0.25, 0.3) is 11.8 Å². The van der Waals surface area contributed by atoms with Crippen molar-refractivity contribution in [1.29, 1.82) is 0 Å². The molecular weight excluding hydrogens is 453 g/mol. The summed E-state index contributed by atoms with van der Waals surface area (Å²) in [7, 11) is 1.40. The van der Waals surface area contributed by atoms with Crippen LogP contribution in [0.25, 0.3) is 0 Å². The Hall–Kier alpha value is -1.87. The summed E-state index contributed by atoms with van der Waals surface area (Å²) in [6, 6.07) is 2.91. The lowest BCUT2D eigenvalue weighted by molar-refractivity contribution is 0.0972. The van der Waals surface area contributed by atoms with Crippen molar-refractivity contribution in [2.45, 2.75) is 26.2 Å². The van der Waals surface area contributed by atoms with Gasteiger partial charge in [-0.25, -0.2) is 0 Å². The molecule has 0 spiro atoms. The minimum Gasteiger partial charge on any atom is -0.494 e. The Morgan fingerprint density at radius 1 is 1.34 bits per heavy atom. The number of rotatable bonds is 4. The van der Waals surface area contributed by atoms with Crippen LogP contribution in [0.5, 0.6) is 5.75 Å². The zero-order valence-electron chi connectivity index (χ0n) is 15.7. The number of benzene rings is 1. The van der Waals surface area contributed by atoms with E-state index in [1.807, 2.05) is 0 Å². The third kappa shape index (κ3) is 4.66. The van der Waals surface area contributed by atoms with E-state index in [9.17, 15) is 9.59 Å². The molecule has 1 aliphatic rings. The lowest BCUT2D eigenvalue weighted by Gasteiger charge is -2.18. The van der Waals surface area contributed by atoms with Crippen molar-refractivity contribution >= 4 is 68.7 Å². The standard InChI is InChI=1S/C19H19Cl2N3O3S2/c1-8-3-4-10-13(5-8)29-18(14(10)16(22)25)24-19(28)23-17(26)11-6-9(20)7-12(21)15(11)27-2/h6-8H,3-5H2,1-2H3,(H2,22,25)(H2,23,24,26,28). The van der Waals surface area contributed by atoms with Crippen LogP contribution < -0.4 is 21.1 Å². The van der Waals surface area contributed by atoms with E-state index in [0.717, 1.165) is 29.7 Å². The quantitative estimate of drug-likeness (QED) is 0.573. The highest BCUT2D eigenvalue weighted by atomic mass is 35.5. The first-order valence-electron chi connectivity index (χ1n) is 8.81. The average Bonchev–Trinajstić information content (AvgIpc) is 2.97. The van der Waals surface area contributed by atoms with Crippen molar-refractivity contribution in [1.82, 2.24) is 5.32 Å². The number of amides is 2. The zero-order valence-corrected chi connectivity index (χ0v) is 18.9. The second-order valence-electron chi connectivity index (χ2n) is 6.80. The van der Waals surface area contributed by atoms with Gasteiger partial charge in [-0.15, -0.1) is 11.3 Å². The van der Waals surface area contributed by atoms with Crippen LogP contribution in [0.3, 0.4) is 0 Å². The molecule has 10 heteroatoms. The summed E-state index contributed by atoms with van der Waals surface area (Å²) in [5.41, 5.74) is 7.16. The van der Waals surface area contributed by atoms with Crippen molar-refractivity contribution in [3.8, 4) is 5.75 Å². The van der Waals surface area contributed by atoms with Crippen LogP contribution in [-0.4, -0.2) is 24.0 Å². The van der Waals surface area contributed by atoms with E-state index in [1.165, 1.54) is 30.6 Å². The monoisotopic (exact) mass is 471 g/mol. The van der Waals surface area contributed by atoms with Gasteiger partial charge in [0, 0.05) is 9.90 Å². The molecule has 1 unspecified atom stereocenters. The first kappa shape index (κ1) is 21.8. The van der Waals surface area contributed by atoms with E-state index in [1.54, 1.807) is 0 Å². The summed E-state index contributed by atoms with van der Waals surface area (Å²) in [5.74, 6) is -0.326. The van der Waals surface area contributed by atoms with Gasteiger partial charge in [0.05, 0.1) is 23.3 Å². The minimum absolute atomic E-state index is 0.0299. The van der Waals surface area contributed by atoms with Gasteiger partial charge in [0.15, 0.2) is 5.11 Å². The van der Waals surface area contributed by atoms with Crippen molar-refractivity contribution in [2.75, 3.05) is 12.4 Å². The maximum absolute atomic E-state index is 12.7. The van der Waals surface area contributed by atoms with E-state index in [-0.39, 0.29) is 26.5 Å². The van der Waals surface area contributed by atoms with E-state index in [4.69, 9.17) is 45.9 Å². The number of fused-ring (bicyclic) bond motifs is 1. The van der Waals surface area contributed by atoms with Crippen LogP contribution >= 0.6 is 46.8 Å². The number of hydrogen-bond acceptors (Lipinski definition) is 5. The molecule has 154 valence electrons. The molecular formula is C19H19Cl2N3O3S2. The molecule has 0 saturated carbocycles. The molecule has 29 heavy (non-hydrogen) atoms. The minimum atomic E-state index is -0.542. The van der Waals surface area contributed by atoms with Gasteiger partial charge >= 0.3 is 0 Å². The van der Waals surface area contributed by atoms with E-state index >= 15 is 0 Å². The number of nitrogens with two attached hydrogens (primary N) is 1. The largest absolute Gasteiger partial charge is 0.494 e. The first-order chi connectivity index (χ1) is 13.7. The lowest BCUT2D eigenvalue weighted by Crippen LogP contribution is -2.34. The number of thiophene rings is 1. The molecule has 1 atom stereocenters. The lowest BCUT2D eigenvalue weighted by atomic mass is 9.88. The Bertz CT molecular complexity index is 1010. The summed E-state index contributed by atoms with van der Waals surface area (Å²) < 4.78 is 5.19. The van der Waals surface area contributed by atoms with Crippen LogP contribution in [-0.2, 0) is 12.8 Å². The number of methoxy groups -OCH3 is 1. The summed E-state index contributed by atoms with van der Waals surface area (Å²) in [6.45, 7) is 2.17. The second-order valence-corrected chi connectivity index (χ2v) is 9.15. The fraction of sp³-hybridized carbons (Fsp3) is 0.316.